The van der Waals surface area contributed by atoms with E-state index in [1.54, 1.807) is 16.2 Å². The minimum Gasteiger partial charge on any atom is -0.396 e. The van der Waals surface area contributed by atoms with Gasteiger partial charge in [-0.05, 0) is 25.1 Å². The Morgan fingerprint density at radius 2 is 2.39 bits per heavy atom. The van der Waals surface area contributed by atoms with E-state index in [-0.39, 0.29) is 18.4 Å². The van der Waals surface area contributed by atoms with E-state index in [0.29, 0.717) is 13.0 Å². The van der Waals surface area contributed by atoms with Crippen LogP contribution in [-0.4, -0.2) is 29.1 Å². The number of benzene rings is 1. The summed E-state index contributed by atoms with van der Waals surface area (Å²) in [4.78, 5) is 18.1. The molecule has 2 heterocycles. The van der Waals surface area contributed by atoms with Gasteiger partial charge >= 0.3 is 0 Å². The highest BCUT2D eigenvalue weighted by molar-refractivity contribution is 7.18. The molecule has 1 atom stereocenters. The van der Waals surface area contributed by atoms with Crippen molar-refractivity contribution in [3.63, 3.8) is 0 Å². The van der Waals surface area contributed by atoms with Gasteiger partial charge in [-0.25, -0.2) is 4.98 Å². The topological polar surface area (TPSA) is 53.4 Å². The first-order chi connectivity index (χ1) is 8.67. The molecule has 0 radical (unpaired) electrons. The molecule has 94 valence electrons. The summed E-state index contributed by atoms with van der Waals surface area (Å²) in [6.45, 7) is 2.65. The first kappa shape index (κ1) is 11.6. The average Bonchev–Trinajstić information content (AvgIpc) is 2.89. The van der Waals surface area contributed by atoms with Crippen LogP contribution in [0.3, 0.4) is 0 Å². The predicted molar refractivity (Wildman–Crippen MR) is 71.9 cm³/mol. The summed E-state index contributed by atoms with van der Waals surface area (Å²) in [5.41, 5.74) is 1.82. The third-order valence-corrected chi connectivity index (χ3v) is 4.20. The van der Waals surface area contributed by atoms with Crippen molar-refractivity contribution in [2.24, 2.45) is 5.92 Å². The lowest BCUT2D eigenvalue weighted by atomic mass is 10.1. The molecular formula is C13H14N2O2S. The van der Waals surface area contributed by atoms with Crippen LogP contribution in [0.4, 0.5) is 5.69 Å². The van der Waals surface area contributed by atoms with Crippen molar-refractivity contribution < 1.29 is 9.90 Å². The molecule has 1 N–H and O–H groups in total. The number of amides is 1. The summed E-state index contributed by atoms with van der Waals surface area (Å²) in [5.74, 6) is 0.144. The number of aliphatic hydroxyl groups is 1. The van der Waals surface area contributed by atoms with Gasteiger partial charge in [0.25, 0.3) is 0 Å². The first-order valence-electron chi connectivity index (χ1n) is 5.96. The third kappa shape index (κ3) is 1.89. The van der Waals surface area contributed by atoms with Crippen LogP contribution in [0, 0.1) is 12.8 Å². The first-order valence-corrected chi connectivity index (χ1v) is 6.77. The molecule has 0 saturated carbocycles. The zero-order valence-electron chi connectivity index (χ0n) is 10.1. The molecule has 1 aliphatic rings. The van der Waals surface area contributed by atoms with Crippen molar-refractivity contribution in [1.82, 2.24) is 4.98 Å². The van der Waals surface area contributed by atoms with Gasteiger partial charge in [-0.3, -0.25) is 4.79 Å². The molecule has 0 aliphatic carbocycles. The summed E-state index contributed by atoms with van der Waals surface area (Å²) in [7, 11) is 0. The average molecular weight is 262 g/mol. The highest BCUT2D eigenvalue weighted by atomic mass is 32.1. The number of hydrogen-bond acceptors (Lipinski definition) is 4. The van der Waals surface area contributed by atoms with Crippen molar-refractivity contribution in [3.8, 4) is 0 Å². The minimum atomic E-state index is 0.0605. The van der Waals surface area contributed by atoms with Crippen LogP contribution in [0.15, 0.2) is 18.2 Å². The second-order valence-corrected chi connectivity index (χ2v) is 5.88. The Kier molecular flexibility index (Phi) is 2.80. The highest BCUT2D eigenvalue weighted by Crippen LogP contribution is 2.29. The van der Waals surface area contributed by atoms with Crippen LogP contribution in [-0.2, 0) is 4.79 Å². The molecule has 3 rings (SSSR count). The smallest absolute Gasteiger partial charge is 0.227 e. The van der Waals surface area contributed by atoms with Crippen molar-refractivity contribution in [3.05, 3.63) is 23.2 Å². The van der Waals surface area contributed by atoms with Gasteiger partial charge in [0.15, 0.2) is 0 Å². The van der Waals surface area contributed by atoms with Gasteiger partial charge in [0.05, 0.1) is 15.2 Å². The molecule has 4 nitrogen and oxygen atoms in total. The SMILES string of the molecule is Cc1nc2cc(N3CC(CO)CC3=O)ccc2s1. The molecule has 1 aromatic heterocycles. The van der Waals surface area contributed by atoms with Gasteiger partial charge in [0, 0.05) is 31.2 Å². The lowest BCUT2D eigenvalue weighted by Gasteiger charge is -2.16. The van der Waals surface area contributed by atoms with E-state index in [1.807, 2.05) is 25.1 Å². The number of carbonyl (C=O) groups excluding carboxylic acids is 1. The minimum absolute atomic E-state index is 0.0605. The standard InChI is InChI=1S/C13H14N2O2S/c1-8-14-11-5-10(2-3-12(11)18-8)15-6-9(7-16)4-13(15)17/h2-3,5,9,16H,4,6-7H2,1H3. The number of aliphatic hydroxyl groups excluding tert-OH is 1. The fourth-order valence-corrected chi connectivity index (χ4v) is 3.16. The Morgan fingerprint density at radius 3 is 3.11 bits per heavy atom. The summed E-state index contributed by atoms with van der Waals surface area (Å²) < 4.78 is 1.14. The molecule has 1 aliphatic heterocycles. The molecule has 1 unspecified atom stereocenters. The lowest BCUT2D eigenvalue weighted by Crippen LogP contribution is -2.24. The molecular weight excluding hydrogens is 248 g/mol. The Bertz CT molecular complexity index is 608. The van der Waals surface area contributed by atoms with Crippen molar-refractivity contribution in [1.29, 1.82) is 0 Å². The Hall–Kier alpha value is -1.46. The molecule has 18 heavy (non-hydrogen) atoms. The Labute approximate surface area is 109 Å². The zero-order chi connectivity index (χ0) is 12.7. The van der Waals surface area contributed by atoms with E-state index in [0.717, 1.165) is 20.9 Å². The molecule has 2 aromatic rings. The van der Waals surface area contributed by atoms with Gasteiger partial charge in [0.1, 0.15) is 0 Å². The predicted octanol–water partition coefficient (Wildman–Crippen LogP) is 1.95. The summed E-state index contributed by atoms with van der Waals surface area (Å²) in [5, 5.41) is 10.2. The molecule has 0 spiro atoms. The van der Waals surface area contributed by atoms with Gasteiger partial charge < -0.3 is 10.0 Å². The van der Waals surface area contributed by atoms with E-state index in [1.165, 1.54) is 0 Å². The van der Waals surface area contributed by atoms with Crippen LogP contribution in [0.1, 0.15) is 11.4 Å². The van der Waals surface area contributed by atoms with E-state index in [2.05, 4.69) is 4.98 Å². The fourth-order valence-electron chi connectivity index (χ4n) is 2.35. The maximum atomic E-state index is 11.9. The molecule has 0 bridgehead atoms. The van der Waals surface area contributed by atoms with E-state index >= 15 is 0 Å². The second kappa shape index (κ2) is 4.33. The normalized spacial score (nSPS) is 20.0. The van der Waals surface area contributed by atoms with Crippen LogP contribution in [0.2, 0.25) is 0 Å². The van der Waals surface area contributed by atoms with Crippen molar-refractivity contribution in [2.45, 2.75) is 13.3 Å². The Balaban J connectivity index is 1.96. The number of carbonyl (C=O) groups is 1. The fraction of sp³-hybridized carbons (Fsp3) is 0.385. The van der Waals surface area contributed by atoms with Crippen molar-refractivity contribution >= 4 is 33.1 Å². The lowest BCUT2D eigenvalue weighted by molar-refractivity contribution is -0.117. The maximum absolute atomic E-state index is 11.9. The van der Waals surface area contributed by atoms with Crippen LogP contribution < -0.4 is 4.90 Å². The number of fused-ring (bicyclic) bond motifs is 1. The van der Waals surface area contributed by atoms with Gasteiger partial charge in [-0.2, -0.15) is 0 Å². The number of nitrogens with zero attached hydrogens (tertiary/aromatic N) is 2. The van der Waals surface area contributed by atoms with Crippen LogP contribution in [0.5, 0.6) is 0 Å². The highest BCUT2D eigenvalue weighted by Gasteiger charge is 2.30. The van der Waals surface area contributed by atoms with Gasteiger partial charge in [0.2, 0.25) is 5.91 Å². The molecule has 1 fully saturated rings. The Morgan fingerprint density at radius 1 is 1.56 bits per heavy atom. The summed E-state index contributed by atoms with van der Waals surface area (Å²) >= 11 is 1.65. The monoisotopic (exact) mass is 262 g/mol. The van der Waals surface area contributed by atoms with Gasteiger partial charge in [-0.1, -0.05) is 0 Å². The molecule has 5 heteroatoms. The van der Waals surface area contributed by atoms with E-state index < -0.39 is 0 Å². The summed E-state index contributed by atoms with van der Waals surface area (Å²) in [6, 6.07) is 5.92. The summed E-state index contributed by atoms with van der Waals surface area (Å²) in [6.07, 6.45) is 0.435. The quantitative estimate of drug-likeness (QED) is 0.900. The van der Waals surface area contributed by atoms with Crippen molar-refractivity contribution in [2.75, 3.05) is 18.1 Å². The van der Waals surface area contributed by atoms with E-state index in [4.69, 9.17) is 5.11 Å². The number of aromatic nitrogens is 1. The molecule has 1 amide bonds. The number of aryl methyl sites for hydroxylation is 1. The number of thiazole rings is 1. The number of rotatable bonds is 2. The second-order valence-electron chi connectivity index (χ2n) is 4.64. The van der Waals surface area contributed by atoms with E-state index in [9.17, 15) is 4.79 Å². The van der Waals surface area contributed by atoms with Crippen LogP contribution >= 0.6 is 11.3 Å². The number of anilines is 1. The molecule has 1 aromatic carbocycles. The van der Waals surface area contributed by atoms with Crippen LogP contribution in [0.25, 0.3) is 10.2 Å². The largest absolute Gasteiger partial charge is 0.396 e. The number of hydrogen-bond donors (Lipinski definition) is 1. The third-order valence-electron chi connectivity index (χ3n) is 3.25. The van der Waals surface area contributed by atoms with Gasteiger partial charge in [-0.15, -0.1) is 11.3 Å². The zero-order valence-corrected chi connectivity index (χ0v) is 10.9. The maximum Gasteiger partial charge on any atom is 0.227 e. The molecule has 1 saturated heterocycles.